The van der Waals surface area contributed by atoms with Crippen LogP contribution in [0, 0.1) is 18.3 Å². The van der Waals surface area contributed by atoms with Crippen LogP contribution in [0.1, 0.15) is 36.5 Å². The molecule has 0 aliphatic heterocycles. The number of nitriles is 1. The molecule has 0 bridgehead atoms. The van der Waals surface area contributed by atoms with Crippen molar-refractivity contribution >= 4 is 21.8 Å². The van der Waals surface area contributed by atoms with Gasteiger partial charge in [-0.1, -0.05) is 32.0 Å². The highest BCUT2D eigenvalue weighted by molar-refractivity contribution is 6.10. The van der Waals surface area contributed by atoms with Gasteiger partial charge in [-0.2, -0.15) is 9.83 Å². The van der Waals surface area contributed by atoms with Gasteiger partial charge >= 0.3 is 0 Å². The lowest BCUT2D eigenvalue weighted by Gasteiger charge is -2.11. The van der Waals surface area contributed by atoms with Crippen LogP contribution in [-0.2, 0) is 7.05 Å². The van der Waals surface area contributed by atoms with E-state index in [2.05, 4.69) is 72.4 Å². The summed E-state index contributed by atoms with van der Waals surface area (Å²) in [5.74, 6) is 1.46. The molecule has 128 valence electrons. The molecule has 2 aromatic carbocycles. The Kier molecular flexibility index (Phi) is 3.77. The second-order valence-electron chi connectivity index (χ2n) is 7.18. The second-order valence-corrected chi connectivity index (χ2v) is 7.18. The van der Waals surface area contributed by atoms with Gasteiger partial charge < -0.3 is 0 Å². The van der Waals surface area contributed by atoms with Gasteiger partial charge in [0, 0.05) is 22.4 Å². The van der Waals surface area contributed by atoms with Crippen molar-refractivity contribution in [2.24, 2.45) is 7.05 Å². The first-order valence-corrected chi connectivity index (χ1v) is 8.95. The molecule has 2 aromatic heterocycles. The molecular weight excluding hydrogens is 318 g/mol. The number of hydrogen-bond acceptors (Lipinski definition) is 1. The maximum absolute atomic E-state index is 9.38. The fourth-order valence-electron chi connectivity index (χ4n) is 3.95. The molecule has 26 heavy (non-hydrogen) atoms. The number of rotatable bonds is 2. The van der Waals surface area contributed by atoms with Crippen molar-refractivity contribution in [1.29, 1.82) is 5.26 Å². The summed E-state index contributed by atoms with van der Waals surface area (Å²) in [5, 5.41) is 11.9. The summed E-state index contributed by atoms with van der Waals surface area (Å²) in [4.78, 5) is 0. The zero-order chi connectivity index (χ0) is 18.4. The first kappa shape index (κ1) is 16.4. The normalized spacial score (nSPS) is 11.4. The molecule has 0 N–H and O–H groups in total. The number of aromatic nitrogens is 2. The molecule has 4 rings (SSSR count). The molecule has 0 atom stereocenters. The third-order valence-corrected chi connectivity index (χ3v) is 5.24. The predicted octanol–water partition coefficient (Wildman–Crippen LogP) is 4.91. The lowest BCUT2D eigenvalue weighted by atomic mass is 9.95. The quantitative estimate of drug-likeness (QED) is 0.477. The molecule has 0 radical (unpaired) electrons. The molecule has 0 saturated heterocycles. The molecule has 2 heterocycles. The van der Waals surface area contributed by atoms with Crippen molar-refractivity contribution in [2.45, 2.75) is 26.7 Å². The van der Waals surface area contributed by atoms with E-state index in [0.29, 0.717) is 11.5 Å². The zero-order valence-corrected chi connectivity index (χ0v) is 15.6. The first-order chi connectivity index (χ1) is 12.5. The number of aryl methyl sites for hydroxylation is 2. The van der Waals surface area contributed by atoms with Crippen LogP contribution in [0.15, 0.2) is 54.7 Å². The van der Waals surface area contributed by atoms with Gasteiger partial charge in [0.2, 0.25) is 0 Å². The van der Waals surface area contributed by atoms with Gasteiger partial charge in [0.25, 0.3) is 5.82 Å². The molecule has 0 saturated carbocycles. The van der Waals surface area contributed by atoms with E-state index in [9.17, 15) is 5.26 Å². The number of nitrogens with zero attached hydrogens (tertiary/aromatic N) is 3. The lowest BCUT2D eigenvalue weighted by Crippen LogP contribution is -2.33. The van der Waals surface area contributed by atoms with Gasteiger partial charge in [0.05, 0.1) is 24.9 Å². The van der Waals surface area contributed by atoms with Crippen LogP contribution in [0.25, 0.3) is 27.6 Å². The summed E-state index contributed by atoms with van der Waals surface area (Å²) in [6.07, 6.45) is 1.95. The zero-order valence-electron chi connectivity index (χ0n) is 15.6. The Morgan fingerprint density at radius 2 is 1.81 bits per heavy atom. The van der Waals surface area contributed by atoms with E-state index in [0.717, 1.165) is 11.3 Å². The highest BCUT2D eigenvalue weighted by atomic mass is 15.1. The van der Waals surface area contributed by atoms with Crippen molar-refractivity contribution in [2.75, 3.05) is 0 Å². The Hall–Kier alpha value is -3.12. The fraction of sp³-hybridized carbons (Fsp3) is 0.217. The SMILES string of the molecule is Cc1c(C(C)C)ccc2c3ccccc3n(-c3cc(C#N)cc[n+]3C)c12. The van der Waals surface area contributed by atoms with E-state index in [1.54, 1.807) is 0 Å². The maximum atomic E-state index is 9.38. The summed E-state index contributed by atoms with van der Waals surface area (Å²) >= 11 is 0. The Labute approximate surface area is 153 Å². The Balaban J connectivity index is 2.23. The Bertz CT molecular complexity index is 1190. The van der Waals surface area contributed by atoms with E-state index in [-0.39, 0.29) is 0 Å². The number of para-hydroxylation sites is 1. The molecule has 0 aliphatic carbocycles. The number of pyridine rings is 1. The lowest BCUT2D eigenvalue weighted by molar-refractivity contribution is -0.665. The van der Waals surface area contributed by atoms with Gasteiger partial charge in [-0.3, -0.25) is 0 Å². The first-order valence-electron chi connectivity index (χ1n) is 8.95. The molecular formula is C23H22N3+. The Morgan fingerprint density at radius 3 is 2.54 bits per heavy atom. The molecule has 0 aliphatic rings. The smallest absolute Gasteiger partial charge is 0.236 e. The number of benzene rings is 2. The number of fused-ring (bicyclic) bond motifs is 3. The third kappa shape index (κ3) is 2.30. The van der Waals surface area contributed by atoms with Gasteiger partial charge in [-0.15, -0.1) is 0 Å². The van der Waals surface area contributed by atoms with Crippen LogP contribution in [0.2, 0.25) is 0 Å². The average Bonchev–Trinajstić information content (AvgIpc) is 2.97. The van der Waals surface area contributed by atoms with Gasteiger partial charge in [0.1, 0.15) is 11.0 Å². The van der Waals surface area contributed by atoms with E-state index in [1.807, 2.05) is 25.4 Å². The van der Waals surface area contributed by atoms with Crippen LogP contribution in [0.4, 0.5) is 0 Å². The molecule has 0 amide bonds. The van der Waals surface area contributed by atoms with Crippen LogP contribution in [-0.4, -0.2) is 4.57 Å². The minimum Gasteiger partial charge on any atom is -0.236 e. The van der Waals surface area contributed by atoms with E-state index >= 15 is 0 Å². The second kappa shape index (κ2) is 6.00. The summed E-state index contributed by atoms with van der Waals surface area (Å²) in [5.41, 5.74) is 5.72. The van der Waals surface area contributed by atoms with E-state index in [1.165, 1.54) is 27.4 Å². The predicted molar refractivity (Wildman–Crippen MR) is 105 cm³/mol. The highest BCUT2D eigenvalue weighted by Crippen LogP contribution is 2.36. The molecule has 0 unspecified atom stereocenters. The van der Waals surface area contributed by atoms with E-state index in [4.69, 9.17) is 0 Å². The largest absolute Gasteiger partial charge is 0.288 e. The van der Waals surface area contributed by atoms with Crippen LogP contribution >= 0.6 is 0 Å². The molecule has 3 nitrogen and oxygen atoms in total. The summed E-state index contributed by atoms with van der Waals surface area (Å²) < 4.78 is 4.38. The van der Waals surface area contributed by atoms with Crippen LogP contribution in [0.3, 0.4) is 0 Å². The Morgan fingerprint density at radius 1 is 1.04 bits per heavy atom. The van der Waals surface area contributed by atoms with Crippen molar-refractivity contribution < 1.29 is 4.57 Å². The average molecular weight is 340 g/mol. The minimum absolute atomic E-state index is 0.463. The van der Waals surface area contributed by atoms with Crippen LogP contribution < -0.4 is 4.57 Å². The highest BCUT2D eigenvalue weighted by Gasteiger charge is 2.24. The van der Waals surface area contributed by atoms with Crippen molar-refractivity contribution in [3.63, 3.8) is 0 Å². The molecule has 4 aromatic rings. The van der Waals surface area contributed by atoms with E-state index < -0.39 is 0 Å². The third-order valence-electron chi connectivity index (χ3n) is 5.24. The summed E-state index contributed by atoms with van der Waals surface area (Å²) in [6, 6.07) is 19.1. The van der Waals surface area contributed by atoms with Crippen molar-refractivity contribution in [3.05, 3.63) is 71.4 Å². The van der Waals surface area contributed by atoms with Crippen LogP contribution in [0.5, 0.6) is 0 Å². The van der Waals surface area contributed by atoms with Gasteiger partial charge in [-0.05, 0) is 42.7 Å². The summed E-state index contributed by atoms with van der Waals surface area (Å²) in [6.45, 7) is 6.68. The summed E-state index contributed by atoms with van der Waals surface area (Å²) in [7, 11) is 2.03. The monoisotopic (exact) mass is 340 g/mol. The van der Waals surface area contributed by atoms with Gasteiger partial charge in [0.15, 0.2) is 0 Å². The molecule has 0 spiro atoms. The molecule has 0 fully saturated rings. The fourth-order valence-corrected chi connectivity index (χ4v) is 3.95. The minimum atomic E-state index is 0.463. The topological polar surface area (TPSA) is 32.6 Å². The van der Waals surface area contributed by atoms with Gasteiger partial charge in [-0.25, -0.2) is 4.57 Å². The standard InChI is InChI=1S/C23H22N3/c1-15(2)18-9-10-20-19-7-5-6-8-21(19)26(23(20)16(18)3)22-13-17(14-24)11-12-25(22)4/h5-13,15H,1-4H3/q+1. The van der Waals surface area contributed by atoms with Crippen molar-refractivity contribution in [1.82, 2.24) is 4.57 Å². The number of hydrogen-bond donors (Lipinski definition) is 0. The maximum Gasteiger partial charge on any atom is 0.288 e. The van der Waals surface area contributed by atoms with Crippen molar-refractivity contribution in [3.8, 4) is 11.9 Å². The molecule has 3 heteroatoms.